The fraction of sp³-hybridized carbons (Fsp3) is 0.682. The van der Waals surface area contributed by atoms with E-state index in [9.17, 15) is 4.39 Å². The van der Waals surface area contributed by atoms with Crippen LogP contribution in [-0.4, -0.2) is 69.4 Å². The highest BCUT2D eigenvalue weighted by Crippen LogP contribution is 2.22. The Morgan fingerprint density at radius 3 is 2.59 bits per heavy atom. The van der Waals surface area contributed by atoms with Crippen molar-refractivity contribution in [3.05, 3.63) is 29.6 Å². The first-order valence-corrected chi connectivity index (χ1v) is 11.1. The van der Waals surface area contributed by atoms with Crippen molar-refractivity contribution >= 4 is 11.6 Å². The first-order valence-electron chi connectivity index (χ1n) is 11.1. The first-order chi connectivity index (χ1) is 14.2. The quantitative estimate of drug-likeness (QED) is 0.540. The molecular weight excluding hydrogens is 369 g/mol. The van der Waals surface area contributed by atoms with Crippen molar-refractivity contribution in [3.63, 3.8) is 0 Å². The van der Waals surface area contributed by atoms with Crippen molar-refractivity contribution in [1.29, 1.82) is 0 Å². The van der Waals surface area contributed by atoms with Crippen LogP contribution >= 0.6 is 0 Å². The van der Waals surface area contributed by atoms with Crippen molar-refractivity contribution in [2.24, 2.45) is 4.99 Å². The molecule has 2 fully saturated rings. The van der Waals surface area contributed by atoms with E-state index in [1.54, 1.807) is 6.07 Å². The van der Waals surface area contributed by atoms with Gasteiger partial charge in [-0.1, -0.05) is 13.0 Å². The van der Waals surface area contributed by atoms with Crippen molar-refractivity contribution in [2.45, 2.75) is 45.7 Å². The number of nitrogens with one attached hydrogen (secondary N) is 2. The number of piperidine rings is 1. The van der Waals surface area contributed by atoms with E-state index in [2.05, 4.69) is 29.4 Å². The highest BCUT2D eigenvalue weighted by Gasteiger charge is 2.19. The van der Waals surface area contributed by atoms with E-state index in [4.69, 9.17) is 9.73 Å². The maximum absolute atomic E-state index is 14.6. The van der Waals surface area contributed by atoms with E-state index in [1.807, 2.05) is 17.0 Å². The number of benzene rings is 1. The van der Waals surface area contributed by atoms with Gasteiger partial charge in [0.2, 0.25) is 0 Å². The molecule has 0 amide bonds. The van der Waals surface area contributed by atoms with E-state index in [-0.39, 0.29) is 5.82 Å². The number of hydrogen-bond acceptors (Lipinski definition) is 4. The number of halogens is 1. The number of morpholine rings is 1. The first kappa shape index (κ1) is 21.8. The van der Waals surface area contributed by atoms with E-state index in [1.165, 1.54) is 13.0 Å². The predicted molar refractivity (Wildman–Crippen MR) is 117 cm³/mol. The van der Waals surface area contributed by atoms with Crippen molar-refractivity contribution in [1.82, 2.24) is 15.5 Å². The molecule has 0 radical (unpaired) electrons. The monoisotopic (exact) mass is 405 g/mol. The zero-order chi connectivity index (χ0) is 20.5. The van der Waals surface area contributed by atoms with E-state index < -0.39 is 0 Å². The second kappa shape index (κ2) is 11.4. The Morgan fingerprint density at radius 1 is 1.17 bits per heavy atom. The van der Waals surface area contributed by atoms with E-state index in [0.717, 1.165) is 57.1 Å². The minimum Gasteiger partial charge on any atom is -0.378 e. The number of hydrogen-bond donors (Lipinski definition) is 2. The Kier molecular flexibility index (Phi) is 8.55. The predicted octanol–water partition coefficient (Wildman–Crippen LogP) is 2.59. The summed E-state index contributed by atoms with van der Waals surface area (Å²) in [5.74, 6) is 0.639. The summed E-state index contributed by atoms with van der Waals surface area (Å²) in [4.78, 5) is 9.27. The summed E-state index contributed by atoms with van der Waals surface area (Å²) in [6, 6.07) is 5.90. The van der Waals surface area contributed by atoms with Crippen LogP contribution in [0.5, 0.6) is 0 Å². The average Bonchev–Trinajstić information content (AvgIpc) is 2.74. The third kappa shape index (κ3) is 6.57. The molecule has 162 valence electrons. The molecule has 1 aromatic rings. The molecule has 6 nitrogen and oxygen atoms in total. The molecule has 2 aliphatic heterocycles. The van der Waals surface area contributed by atoms with Gasteiger partial charge in [-0.15, -0.1) is 0 Å². The molecule has 0 saturated carbocycles. The fourth-order valence-corrected chi connectivity index (χ4v) is 4.01. The lowest BCUT2D eigenvalue weighted by Crippen LogP contribution is -2.48. The molecule has 3 rings (SSSR count). The molecule has 0 aliphatic carbocycles. The molecule has 0 unspecified atom stereocenters. The molecule has 29 heavy (non-hydrogen) atoms. The van der Waals surface area contributed by atoms with Gasteiger partial charge in [0.1, 0.15) is 5.82 Å². The zero-order valence-corrected chi connectivity index (χ0v) is 17.9. The fourth-order valence-electron chi connectivity index (χ4n) is 4.01. The van der Waals surface area contributed by atoms with Crippen LogP contribution in [0, 0.1) is 5.82 Å². The largest absolute Gasteiger partial charge is 0.378 e. The summed E-state index contributed by atoms with van der Waals surface area (Å²) in [5.41, 5.74) is 1.54. The second-order valence-electron chi connectivity index (χ2n) is 7.84. The van der Waals surface area contributed by atoms with E-state index in [0.29, 0.717) is 31.5 Å². The number of likely N-dealkylation sites (tertiary alicyclic amines) is 1. The summed E-state index contributed by atoms with van der Waals surface area (Å²) in [7, 11) is 0. The lowest BCUT2D eigenvalue weighted by Gasteiger charge is -2.32. The van der Waals surface area contributed by atoms with Crippen LogP contribution in [-0.2, 0) is 11.3 Å². The molecule has 2 aliphatic rings. The van der Waals surface area contributed by atoms with Crippen molar-refractivity contribution in [2.75, 3.05) is 57.4 Å². The van der Waals surface area contributed by atoms with Gasteiger partial charge in [0.25, 0.3) is 0 Å². The Balaban J connectivity index is 1.56. The minimum atomic E-state index is -0.180. The minimum absolute atomic E-state index is 0.180. The Morgan fingerprint density at radius 2 is 1.93 bits per heavy atom. The van der Waals surface area contributed by atoms with Gasteiger partial charge >= 0.3 is 0 Å². The summed E-state index contributed by atoms with van der Waals surface area (Å²) >= 11 is 0. The number of ether oxygens (including phenoxy) is 1. The number of aliphatic imine (C=N–C) groups is 1. The molecule has 2 N–H and O–H groups in total. The maximum Gasteiger partial charge on any atom is 0.191 e. The van der Waals surface area contributed by atoms with Crippen LogP contribution in [0.1, 0.15) is 38.7 Å². The molecule has 0 atom stereocenters. The normalized spacial score (nSPS) is 19.4. The van der Waals surface area contributed by atoms with Crippen molar-refractivity contribution in [3.8, 4) is 0 Å². The molecule has 0 aromatic heterocycles. The number of guanidine groups is 1. The van der Waals surface area contributed by atoms with Crippen LogP contribution in [0.3, 0.4) is 0 Å². The van der Waals surface area contributed by atoms with Gasteiger partial charge in [-0.25, -0.2) is 9.38 Å². The zero-order valence-electron chi connectivity index (χ0n) is 17.9. The van der Waals surface area contributed by atoms with Crippen LogP contribution < -0.4 is 15.5 Å². The van der Waals surface area contributed by atoms with Crippen LogP contribution in [0.2, 0.25) is 0 Å². The Hall–Kier alpha value is -1.86. The highest BCUT2D eigenvalue weighted by atomic mass is 19.1. The van der Waals surface area contributed by atoms with Gasteiger partial charge in [-0.2, -0.15) is 0 Å². The van der Waals surface area contributed by atoms with Crippen molar-refractivity contribution < 1.29 is 9.13 Å². The molecule has 1 aromatic carbocycles. The molecule has 0 spiro atoms. The van der Waals surface area contributed by atoms with E-state index >= 15 is 0 Å². The number of anilines is 1. The average molecular weight is 406 g/mol. The SMILES string of the molecule is CCCN1CCC(NC(=NCc2ccc(N3CCOCC3)c(F)c2)NCC)CC1. The second-order valence-corrected chi connectivity index (χ2v) is 7.84. The maximum atomic E-state index is 14.6. The lowest BCUT2D eigenvalue weighted by molar-refractivity contribution is 0.122. The summed E-state index contributed by atoms with van der Waals surface area (Å²) in [6.45, 7) is 11.8. The number of nitrogens with zero attached hydrogens (tertiary/aromatic N) is 3. The molecular formula is C22H36FN5O. The lowest BCUT2D eigenvalue weighted by atomic mass is 10.1. The molecule has 2 heterocycles. The summed E-state index contributed by atoms with van der Waals surface area (Å²) < 4.78 is 20.0. The number of rotatable bonds is 7. The smallest absolute Gasteiger partial charge is 0.191 e. The topological polar surface area (TPSA) is 52.1 Å². The van der Waals surface area contributed by atoms with Crippen LogP contribution in [0.4, 0.5) is 10.1 Å². The molecule has 7 heteroatoms. The van der Waals surface area contributed by atoms with Gasteiger partial charge in [-0.3, -0.25) is 0 Å². The van der Waals surface area contributed by atoms with Gasteiger partial charge < -0.3 is 25.2 Å². The Bertz CT molecular complexity index is 655. The van der Waals surface area contributed by atoms with Crippen LogP contribution in [0.15, 0.2) is 23.2 Å². The molecule has 2 saturated heterocycles. The third-order valence-corrected chi connectivity index (χ3v) is 5.60. The Labute approximate surface area is 174 Å². The summed E-state index contributed by atoms with van der Waals surface area (Å²) in [6.07, 6.45) is 3.48. The van der Waals surface area contributed by atoms with Gasteiger partial charge in [0.05, 0.1) is 25.4 Å². The van der Waals surface area contributed by atoms with Gasteiger partial charge in [0, 0.05) is 38.8 Å². The molecule has 0 bridgehead atoms. The third-order valence-electron chi connectivity index (χ3n) is 5.60. The standard InChI is InChI=1S/C22H36FN5O/c1-3-9-27-10-7-19(8-11-27)26-22(24-4-2)25-17-18-5-6-21(20(23)16-18)28-12-14-29-15-13-28/h5-6,16,19H,3-4,7-15,17H2,1-2H3,(H2,24,25,26). The summed E-state index contributed by atoms with van der Waals surface area (Å²) in [5, 5.41) is 6.89. The van der Waals surface area contributed by atoms with Gasteiger partial charge in [0.15, 0.2) is 5.96 Å². The van der Waals surface area contributed by atoms with Gasteiger partial charge in [-0.05, 0) is 50.4 Å². The highest BCUT2D eigenvalue weighted by molar-refractivity contribution is 5.80. The van der Waals surface area contributed by atoms with Crippen LogP contribution in [0.25, 0.3) is 0 Å².